The van der Waals surface area contributed by atoms with E-state index in [0.29, 0.717) is 12.2 Å². The molecule has 0 spiro atoms. The summed E-state index contributed by atoms with van der Waals surface area (Å²) >= 11 is 0. The number of aromatic amines is 1. The van der Waals surface area contributed by atoms with E-state index in [1.54, 1.807) is 0 Å². The van der Waals surface area contributed by atoms with Crippen LogP contribution in [0.4, 0.5) is 0 Å². The van der Waals surface area contributed by atoms with E-state index in [2.05, 4.69) is 9.97 Å². The van der Waals surface area contributed by atoms with E-state index in [1.165, 1.54) is 12.4 Å². The molecule has 0 aliphatic heterocycles. The zero-order valence-corrected chi connectivity index (χ0v) is 4.79. The number of hydrogen-bond donors (Lipinski definition) is 2. The summed E-state index contributed by atoms with van der Waals surface area (Å²) in [6.07, 6.45) is 2.74. The Labute approximate surface area is 51.7 Å². The molecule has 1 rings (SSSR count). The van der Waals surface area contributed by atoms with E-state index in [1.807, 2.05) is 0 Å². The minimum atomic E-state index is -0.210. The number of H-pyrrole nitrogens is 1. The highest BCUT2D eigenvalue weighted by atomic mass is 16.1. The summed E-state index contributed by atoms with van der Waals surface area (Å²) in [5, 5.41) is 0. The third-order valence-electron chi connectivity index (χ3n) is 0.926. The number of nitrogens with two attached hydrogens (primary N) is 1. The Morgan fingerprint density at radius 3 is 2.89 bits per heavy atom. The Balaban J connectivity index is 3.08. The minimum absolute atomic E-state index is 0.210. The van der Waals surface area contributed by atoms with E-state index >= 15 is 0 Å². The van der Waals surface area contributed by atoms with Crippen molar-refractivity contribution in [1.29, 1.82) is 0 Å². The molecule has 0 radical (unpaired) electrons. The number of nitrogens with one attached hydrogen (secondary N) is 1. The van der Waals surface area contributed by atoms with Gasteiger partial charge in [-0.1, -0.05) is 0 Å². The average Bonchev–Trinajstić information content (AvgIpc) is 1.88. The number of aromatic nitrogens is 2. The molecule has 1 heterocycles. The van der Waals surface area contributed by atoms with Gasteiger partial charge < -0.3 is 10.7 Å². The first-order valence-electron chi connectivity index (χ1n) is 2.56. The molecule has 4 nitrogen and oxygen atoms in total. The molecule has 48 valence electrons. The van der Waals surface area contributed by atoms with Crippen molar-refractivity contribution >= 4 is 0 Å². The fraction of sp³-hybridized carbons (Fsp3) is 0.200. The molecule has 0 fully saturated rings. The van der Waals surface area contributed by atoms with Crippen LogP contribution in [0.1, 0.15) is 5.69 Å². The molecule has 0 amide bonds. The maximum Gasteiger partial charge on any atom is 0.266 e. The van der Waals surface area contributed by atoms with E-state index in [-0.39, 0.29) is 5.56 Å². The predicted octanol–water partition coefficient (Wildman–Crippen LogP) is -0.771. The van der Waals surface area contributed by atoms with Gasteiger partial charge in [-0.25, -0.2) is 0 Å². The molecular formula is C5H7N3O. The van der Waals surface area contributed by atoms with Crippen LogP contribution in [0.3, 0.4) is 0 Å². The van der Waals surface area contributed by atoms with Crippen LogP contribution in [0.15, 0.2) is 17.2 Å². The van der Waals surface area contributed by atoms with Gasteiger partial charge in [-0.15, -0.1) is 0 Å². The number of rotatable bonds is 1. The van der Waals surface area contributed by atoms with Crippen LogP contribution in [0.25, 0.3) is 0 Å². The summed E-state index contributed by atoms with van der Waals surface area (Å²) in [7, 11) is 0. The fourth-order valence-electron chi connectivity index (χ4n) is 0.521. The first-order valence-corrected chi connectivity index (χ1v) is 2.56. The highest BCUT2D eigenvalue weighted by Gasteiger charge is 1.86. The van der Waals surface area contributed by atoms with Crippen LogP contribution in [-0.4, -0.2) is 9.97 Å². The van der Waals surface area contributed by atoms with Gasteiger partial charge in [0.15, 0.2) is 0 Å². The Bertz CT molecular complexity index is 242. The van der Waals surface area contributed by atoms with Crippen molar-refractivity contribution in [3.05, 3.63) is 28.4 Å². The molecule has 0 saturated carbocycles. The van der Waals surface area contributed by atoms with Gasteiger partial charge in [-0.05, 0) is 0 Å². The monoisotopic (exact) mass is 125 g/mol. The lowest BCUT2D eigenvalue weighted by Crippen LogP contribution is -2.10. The molecule has 0 atom stereocenters. The zero-order valence-electron chi connectivity index (χ0n) is 4.79. The first kappa shape index (κ1) is 5.97. The topological polar surface area (TPSA) is 71.8 Å². The van der Waals surface area contributed by atoms with Crippen molar-refractivity contribution in [3.63, 3.8) is 0 Å². The highest BCUT2D eigenvalue weighted by Crippen LogP contribution is 1.80. The molecule has 0 bridgehead atoms. The van der Waals surface area contributed by atoms with Crippen LogP contribution in [0, 0.1) is 0 Å². The van der Waals surface area contributed by atoms with Crippen molar-refractivity contribution < 1.29 is 0 Å². The normalized spacial score (nSPS) is 9.44. The highest BCUT2D eigenvalue weighted by molar-refractivity contribution is 4.92. The fourth-order valence-corrected chi connectivity index (χ4v) is 0.521. The Kier molecular flexibility index (Phi) is 1.60. The molecule has 9 heavy (non-hydrogen) atoms. The maximum absolute atomic E-state index is 10.5. The van der Waals surface area contributed by atoms with E-state index < -0.39 is 0 Å². The molecule has 4 heteroatoms. The summed E-state index contributed by atoms with van der Waals surface area (Å²) < 4.78 is 0. The second-order valence-corrected chi connectivity index (χ2v) is 1.63. The molecule has 3 N–H and O–H groups in total. The van der Waals surface area contributed by atoms with Gasteiger partial charge in [0.05, 0.1) is 11.9 Å². The van der Waals surface area contributed by atoms with Crippen LogP contribution < -0.4 is 11.3 Å². The van der Waals surface area contributed by atoms with E-state index in [4.69, 9.17) is 5.73 Å². The van der Waals surface area contributed by atoms with Crippen molar-refractivity contribution in [3.8, 4) is 0 Å². The Morgan fingerprint density at radius 1 is 1.67 bits per heavy atom. The zero-order chi connectivity index (χ0) is 6.69. The van der Waals surface area contributed by atoms with Gasteiger partial charge in [0.1, 0.15) is 0 Å². The third kappa shape index (κ3) is 1.36. The third-order valence-corrected chi connectivity index (χ3v) is 0.926. The van der Waals surface area contributed by atoms with Crippen LogP contribution in [-0.2, 0) is 6.54 Å². The Hall–Kier alpha value is -1.16. The van der Waals surface area contributed by atoms with Gasteiger partial charge in [-0.3, -0.25) is 9.78 Å². The summed E-state index contributed by atoms with van der Waals surface area (Å²) in [5.41, 5.74) is 5.65. The van der Waals surface area contributed by atoms with Crippen molar-refractivity contribution in [2.75, 3.05) is 0 Å². The summed E-state index contributed by atoms with van der Waals surface area (Å²) in [5.74, 6) is 0. The SMILES string of the molecule is NCc1cncc(=O)[nH]1. The number of hydrogen-bond acceptors (Lipinski definition) is 3. The average molecular weight is 125 g/mol. The molecule has 0 saturated heterocycles. The van der Waals surface area contributed by atoms with Gasteiger partial charge in [-0.2, -0.15) is 0 Å². The van der Waals surface area contributed by atoms with Crippen molar-refractivity contribution in [2.45, 2.75) is 6.54 Å². The molecule has 0 unspecified atom stereocenters. The molecule has 0 aliphatic carbocycles. The summed E-state index contributed by atoms with van der Waals surface area (Å²) in [4.78, 5) is 16.6. The number of nitrogens with zero attached hydrogens (tertiary/aromatic N) is 1. The first-order chi connectivity index (χ1) is 4.33. The van der Waals surface area contributed by atoms with Crippen LogP contribution in [0.5, 0.6) is 0 Å². The quantitative estimate of drug-likeness (QED) is 0.517. The lowest BCUT2D eigenvalue weighted by atomic mass is 10.5. The van der Waals surface area contributed by atoms with Crippen LogP contribution >= 0.6 is 0 Å². The molecule has 0 aromatic carbocycles. The van der Waals surface area contributed by atoms with E-state index in [9.17, 15) is 4.79 Å². The van der Waals surface area contributed by atoms with Gasteiger partial charge in [0.25, 0.3) is 5.56 Å². The van der Waals surface area contributed by atoms with Crippen LogP contribution in [0.2, 0.25) is 0 Å². The smallest absolute Gasteiger partial charge is 0.266 e. The molecular weight excluding hydrogens is 118 g/mol. The molecule has 1 aromatic rings. The minimum Gasteiger partial charge on any atom is -0.325 e. The van der Waals surface area contributed by atoms with Gasteiger partial charge in [0.2, 0.25) is 0 Å². The standard InChI is InChI=1S/C5H7N3O/c6-1-4-2-7-3-5(9)8-4/h2-3H,1,6H2,(H,8,9). The Morgan fingerprint density at radius 2 is 2.44 bits per heavy atom. The maximum atomic E-state index is 10.5. The summed E-state index contributed by atoms with van der Waals surface area (Å²) in [6, 6.07) is 0. The molecule has 0 aliphatic rings. The van der Waals surface area contributed by atoms with E-state index in [0.717, 1.165) is 0 Å². The lowest BCUT2D eigenvalue weighted by Gasteiger charge is -1.90. The van der Waals surface area contributed by atoms with Crippen molar-refractivity contribution in [2.24, 2.45) is 5.73 Å². The second-order valence-electron chi connectivity index (χ2n) is 1.63. The predicted molar refractivity (Wildman–Crippen MR) is 32.7 cm³/mol. The van der Waals surface area contributed by atoms with Gasteiger partial charge in [0, 0.05) is 12.7 Å². The lowest BCUT2D eigenvalue weighted by molar-refractivity contribution is 0.942. The van der Waals surface area contributed by atoms with Gasteiger partial charge >= 0.3 is 0 Å². The largest absolute Gasteiger partial charge is 0.325 e. The second kappa shape index (κ2) is 2.41. The summed E-state index contributed by atoms with van der Waals surface area (Å²) in [6.45, 7) is 0.322. The van der Waals surface area contributed by atoms with Crippen molar-refractivity contribution in [1.82, 2.24) is 9.97 Å². The molecule has 1 aromatic heterocycles.